The minimum Gasteiger partial charge on any atom is -0.475 e. The highest BCUT2D eigenvalue weighted by Crippen LogP contribution is 2.32. The van der Waals surface area contributed by atoms with Crippen LogP contribution in [0.2, 0.25) is 0 Å². The number of aliphatic carboxylic acids is 1. The first-order valence-electron chi connectivity index (χ1n) is 11.5. The second kappa shape index (κ2) is 13.2. The highest BCUT2D eigenvalue weighted by molar-refractivity contribution is 5.90. The number of hydrogen-bond donors (Lipinski definition) is 4. The van der Waals surface area contributed by atoms with E-state index in [0.717, 1.165) is 62.5 Å². The molecule has 0 aromatic heterocycles. The molecule has 8 nitrogen and oxygen atoms in total. The molecule has 1 amide bonds. The number of nitrogens with one attached hydrogen (secondary N) is 2. The summed E-state index contributed by atoms with van der Waals surface area (Å²) in [6, 6.07) is 7.76. The van der Waals surface area contributed by atoms with E-state index in [1.807, 2.05) is 24.3 Å². The van der Waals surface area contributed by atoms with Crippen LogP contribution in [0.4, 0.5) is 13.2 Å². The first kappa shape index (κ1) is 28.3. The van der Waals surface area contributed by atoms with Gasteiger partial charge in [-0.15, -0.1) is 0 Å². The van der Waals surface area contributed by atoms with Crippen molar-refractivity contribution in [2.75, 3.05) is 0 Å². The average molecular weight is 501 g/mol. The topological polar surface area (TPSA) is 125 Å². The summed E-state index contributed by atoms with van der Waals surface area (Å²) in [5.74, 6) is -3.40. The maximum atomic E-state index is 13.0. The van der Waals surface area contributed by atoms with Crippen LogP contribution in [-0.2, 0) is 25.7 Å². The quantitative estimate of drug-likeness (QED) is 0.192. The van der Waals surface area contributed by atoms with Gasteiger partial charge in [0.25, 0.3) is 5.91 Å². The molecule has 0 saturated heterocycles. The standard InChI is InChI=1S/C22H30N2O4.C2HF3O2/c25-20(24-27)13-12-17-8-10-18(11-9-17)16-23-22(14-4-1-5-15-22)21(26)28-19-6-2-3-7-19;3-2(4,5)1(6)7/h8-13,19,23,27H,1-7,14-16H2,(H,24,25);(H,6,7). The molecular formula is C24H31F3N2O6. The summed E-state index contributed by atoms with van der Waals surface area (Å²) < 4.78 is 37.6. The van der Waals surface area contributed by atoms with Gasteiger partial charge in [0.15, 0.2) is 0 Å². The van der Waals surface area contributed by atoms with E-state index in [0.29, 0.717) is 6.54 Å². The Morgan fingerprint density at radius 1 is 1.03 bits per heavy atom. The zero-order valence-electron chi connectivity index (χ0n) is 19.3. The lowest BCUT2D eigenvalue weighted by molar-refractivity contribution is -0.192. The van der Waals surface area contributed by atoms with Crippen molar-refractivity contribution >= 4 is 23.9 Å². The van der Waals surface area contributed by atoms with E-state index in [4.69, 9.17) is 19.8 Å². The number of benzene rings is 1. The molecular weight excluding hydrogens is 469 g/mol. The minimum absolute atomic E-state index is 0.0753. The van der Waals surface area contributed by atoms with Gasteiger partial charge in [-0.2, -0.15) is 13.2 Å². The van der Waals surface area contributed by atoms with Gasteiger partial charge in [0, 0.05) is 12.6 Å². The van der Waals surface area contributed by atoms with Crippen molar-refractivity contribution < 1.29 is 42.6 Å². The number of carbonyl (C=O) groups is 3. The summed E-state index contributed by atoms with van der Waals surface area (Å²) in [6.45, 7) is 0.598. The Kier molecular flexibility index (Phi) is 10.7. The predicted molar refractivity (Wildman–Crippen MR) is 120 cm³/mol. The fourth-order valence-corrected chi connectivity index (χ4v) is 4.11. The molecule has 0 unspecified atom stereocenters. The number of hydroxylamine groups is 1. The molecule has 1 aromatic rings. The smallest absolute Gasteiger partial charge is 0.475 e. The van der Waals surface area contributed by atoms with Crippen LogP contribution >= 0.6 is 0 Å². The van der Waals surface area contributed by atoms with Gasteiger partial charge in [-0.3, -0.25) is 20.1 Å². The number of carboxylic acid groups (broad SMARTS) is 1. The number of carboxylic acids is 1. The van der Waals surface area contributed by atoms with E-state index in [2.05, 4.69) is 5.32 Å². The van der Waals surface area contributed by atoms with E-state index in [-0.39, 0.29) is 12.1 Å². The zero-order chi connectivity index (χ0) is 25.9. The molecule has 2 aliphatic carbocycles. The van der Waals surface area contributed by atoms with Crippen LogP contribution in [-0.4, -0.2) is 46.0 Å². The van der Waals surface area contributed by atoms with Crippen molar-refractivity contribution in [1.82, 2.24) is 10.8 Å². The van der Waals surface area contributed by atoms with Crippen molar-refractivity contribution in [1.29, 1.82) is 0 Å². The highest BCUT2D eigenvalue weighted by Gasteiger charge is 2.42. The lowest BCUT2D eigenvalue weighted by atomic mass is 9.81. The van der Waals surface area contributed by atoms with Gasteiger partial charge < -0.3 is 9.84 Å². The van der Waals surface area contributed by atoms with Gasteiger partial charge in [0.1, 0.15) is 11.6 Å². The second-order valence-corrected chi connectivity index (χ2v) is 8.66. The molecule has 0 heterocycles. The van der Waals surface area contributed by atoms with Gasteiger partial charge >= 0.3 is 18.1 Å². The number of hydrogen-bond acceptors (Lipinski definition) is 6. The summed E-state index contributed by atoms with van der Waals surface area (Å²) >= 11 is 0. The first-order chi connectivity index (χ1) is 16.6. The largest absolute Gasteiger partial charge is 0.490 e. The molecule has 2 fully saturated rings. The summed E-state index contributed by atoms with van der Waals surface area (Å²) in [6.07, 6.45) is 7.11. The zero-order valence-corrected chi connectivity index (χ0v) is 19.3. The number of amides is 1. The third-order valence-electron chi connectivity index (χ3n) is 6.06. The molecule has 11 heteroatoms. The van der Waals surface area contributed by atoms with Crippen LogP contribution in [0.25, 0.3) is 6.08 Å². The summed E-state index contributed by atoms with van der Waals surface area (Å²) in [5.41, 5.74) is 2.93. The fraction of sp³-hybridized carbons (Fsp3) is 0.542. The number of esters is 1. The molecule has 0 bridgehead atoms. The van der Waals surface area contributed by atoms with E-state index in [1.54, 1.807) is 11.6 Å². The molecule has 194 valence electrons. The maximum Gasteiger partial charge on any atom is 0.490 e. The molecule has 0 spiro atoms. The number of alkyl halides is 3. The molecule has 0 aliphatic heterocycles. The monoisotopic (exact) mass is 500 g/mol. The summed E-state index contributed by atoms with van der Waals surface area (Å²) in [5, 5.41) is 19.2. The molecule has 3 rings (SSSR count). The van der Waals surface area contributed by atoms with Crippen molar-refractivity contribution in [3.8, 4) is 0 Å². The normalized spacial score (nSPS) is 17.9. The third-order valence-corrected chi connectivity index (χ3v) is 6.06. The molecule has 35 heavy (non-hydrogen) atoms. The number of halogens is 3. The van der Waals surface area contributed by atoms with Crippen molar-refractivity contribution in [3.63, 3.8) is 0 Å². The lowest BCUT2D eigenvalue weighted by Crippen LogP contribution is -2.54. The van der Waals surface area contributed by atoms with Crippen LogP contribution in [0, 0.1) is 0 Å². The van der Waals surface area contributed by atoms with Gasteiger partial charge in [0.2, 0.25) is 0 Å². The SMILES string of the molecule is O=C(C=Cc1ccc(CNC2(C(=O)OC3CCCC3)CCCCC2)cc1)NO.O=C(O)C(F)(F)F. The molecule has 4 N–H and O–H groups in total. The first-order valence-corrected chi connectivity index (χ1v) is 11.5. The molecule has 0 radical (unpaired) electrons. The number of ether oxygens (including phenoxy) is 1. The van der Waals surface area contributed by atoms with E-state index >= 15 is 0 Å². The Labute approximate surface area is 201 Å². The third kappa shape index (κ3) is 9.33. The van der Waals surface area contributed by atoms with Crippen LogP contribution < -0.4 is 10.8 Å². The maximum absolute atomic E-state index is 13.0. The molecule has 1 aromatic carbocycles. The Morgan fingerprint density at radius 2 is 1.60 bits per heavy atom. The number of carbonyl (C=O) groups excluding carboxylic acids is 2. The van der Waals surface area contributed by atoms with Gasteiger partial charge in [0.05, 0.1) is 0 Å². The molecule has 2 saturated carbocycles. The van der Waals surface area contributed by atoms with Crippen LogP contribution in [0.5, 0.6) is 0 Å². The number of rotatable bonds is 7. The van der Waals surface area contributed by atoms with Crippen molar-refractivity contribution in [3.05, 3.63) is 41.5 Å². The van der Waals surface area contributed by atoms with E-state index < -0.39 is 23.6 Å². The minimum atomic E-state index is -5.08. The van der Waals surface area contributed by atoms with Crippen LogP contribution in [0.3, 0.4) is 0 Å². The lowest BCUT2D eigenvalue weighted by Gasteiger charge is -2.36. The fourth-order valence-electron chi connectivity index (χ4n) is 4.11. The Balaban J connectivity index is 0.000000540. The highest BCUT2D eigenvalue weighted by atomic mass is 19.4. The van der Waals surface area contributed by atoms with Crippen LogP contribution in [0.1, 0.15) is 68.9 Å². The Bertz CT molecular complexity index is 874. The molecule has 0 atom stereocenters. The van der Waals surface area contributed by atoms with Gasteiger partial charge in [-0.25, -0.2) is 10.3 Å². The van der Waals surface area contributed by atoms with Gasteiger partial charge in [-0.1, -0.05) is 43.5 Å². The van der Waals surface area contributed by atoms with Gasteiger partial charge in [-0.05, 0) is 55.7 Å². The summed E-state index contributed by atoms with van der Waals surface area (Å²) in [4.78, 5) is 32.9. The Hall–Kier alpha value is -2.92. The van der Waals surface area contributed by atoms with E-state index in [9.17, 15) is 22.8 Å². The Morgan fingerprint density at radius 3 is 2.11 bits per heavy atom. The summed E-state index contributed by atoms with van der Waals surface area (Å²) in [7, 11) is 0. The average Bonchev–Trinajstić information content (AvgIpc) is 3.35. The predicted octanol–water partition coefficient (Wildman–Crippen LogP) is 4.12. The molecule has 2 aliphatic rings. The van der Waals surface area contributed by atoms with Crippen molar-refractivity contribution in [2.45, 2.75) is 82.2 Å². The second-order valence-electron chi connectivity index (χ2n) is 8.66. The van der Waals surface area contributed by atoms with Crippen molar-refractivity contribution in [2.24, 2.45) is 0 Å². The van der Waals surface area contributed by atoms with Crippen LogP contribution in [0.15, 0.2) is 30.3 Å². The van der Waals surface area contributed by atoms with E-state index in [1.165, 1.54) is 12.5 Å².